The van der Waals surface area contributed by atoms with Gasteiger partial charge in [0.25, 0.3) is 5.56 Å². The highest BCUT2D eigenvalue weighted by Gasteiger charge is 2.44. The van der Waals surface area contributed by atoms with E-state index in [1.165, 1.54) is 0 Å². The van der Waals surface area contributed by atoms with Gasteiger partial charge in [-0.3, -0.25) is 14.3 Å². The van der Waals surface area contributed by atoms with Gasteiger partial charge < -0.3 is 14.9 Å². The molecule has 29 heavy (non-hydrogen) atoms. The monoisotopic (exact) mass is 439 g/mol. The zero-order chi connectivity index (χ0) is 20.8. The van der Waals surface area contributed by atoms with E-state index < -0.39 is 45.8 Å². The van der Waals surface area contributed by atoms with E-state index in [0.29, 0.717) is 0 Å². The Labute approximate surface area is 168 Å². The minimum Gasteiger partial charge on any atom is -0.387 e. The van der Waals surface area contributed by atoms with Crippen molar-refractivity contribution in [1.82, 2.24) is 14.3 Å². The summed E-state index contributed by atoms with van der Waals surface area (Å²) in [6.45, 7) is -0.316. The van der Waals surface area contributed by atoms with E-state index in [2.05, 4.69) is 4.72 Å². The van der Waals surface area contributed by atoms with Crippen molar-refractivity contribution >= 4 is 31.4 Å². The molecule has 2 aromatic heterocycles. The number of nitrogens with one attached hydrogen (secondary N) is 2. The largest absolute Gasteiger partial charge is 0.387 e. The first-order valence-electron chi connectivity index (χ1n) is 8.57. The molecule has 3 heterocycles. The average Bonchev–Trinajstić information content (AvgIpc) is 3.24. The van der Waals surface area contributed by atoms with Gasteiger partial charge in [0.05, 0.1) is 0 Å². The van der Waals surface area contributed by atoms with Crippen molar-refractivity contribution in [3.8, 4) is 0 Å². The quantitative estimate of drug-likeness (QED) is 0.412. The summed E-state index contributed by atoms with van der Waals surface area (Å²) in [5.74, 6) is 0. The van der Waals surface area contributed by atoms with Crippen LogP contribution in [0.25, 0.3) is 10.1 Å². The lowest BCUT2D eigenvalue weighted by molar-refractivity contribution is -0.0380. The summed E-state index contributed by atoms with van der Waals surface area (Å²) in [6.07, 6.45) is -4.17. The van der Waals surface area contributed by atoms with Crippen LogP contribution in [0.4, 0.5) is 0 Å². The standard InChI is InChI=1S/C17H17N3O7S2/c21-12-5-6-20(17(24)19-12)16-15(23)14(22)10(27-16)8-18-29(25,26)13-7-9-3-1-2-4-11(9)28-13/h1-7,10,14-16,18,22-23H,8H2,(H,19,21,24)/t10-,14-,15-,16-/m1/s1. The molecule has 4 rings (SSSR count). The molecule has 154 valence electrons. The number of nitrogens with zero attached hydrogens (tertiary/aromatic N) is 1. The van der Waals surface area contributed by atoms with Crippen LogP contribution >= 0.6 is 11.3 Å². The maximum absolute atomic E-state index is 12.6. The first-order chi connectivity index (χ1) is 13.8. The van der Waals surface area contributed by atoms with Gasteiger partial charge in [-0.15, -0.1) is 11.3 Å². The van der Waals surface area contributed by atoms with Gasteiger partial charge in [-0.1, -0.05) is 18.2 Å². The van der Waals surface area contributed by atoms with Gasteiger partial charge >= 0.3 is 5.69 Å². The van der Waals surface area contributed by atoms with Crippen LogP contribution in [0.3, 0.4) is 0 Å². The van der Waals surface area contributed by atoms with Crippen molar-refractivity contribution in [3.63, 3.8) is 0 Å². The topological polar surface area (TPSA) is 151 Å². The molecule has 3 aromatic rings. The van der Waals surface area contributed by atoms with E-state index in [1.807, 2.05) is 23.2 Å². The predicted octanol–water partition coefficient (Wildman–Crippen LogP) is -0.651. The van der Waals surface area contributed by atoms with E-state index in [4.69, 9.17) is 4.74 Å². The first-order valence-corrected chi connectivity index (χ1v) is 10.9. The van der Waals surface area contributed by atoms with E-state index in [0.717, 1.165) is 38.3 Å². The third-order valence-corrected chi connectivity index (χ3v) is 7.62. The van der Waals surface area contributed by atoms with Crippen molar-refractivity contribution in [2.24, 2.45) is 0 Å². The Kier molecular flexibility index (Phi) is 5.14. The average molecular weight is 439 g/mol. The summed E-state index contributed by atoms with van der Waals surface area (Å²) in [4.78, 5) is 25.1. The van der Waals surface area contributed by atoms with Crippen molar-refractivity contribution in [1.29, 1.82) is 0 Å². The molecule has 12 heteroatoms. The summed E-state index contributed by atoms with van der Waals surface area (Å²) < 4.78 is 34.9. The number of rotatable bonds is 5. The third-order valence-electron chi connectivity index (χ3n) is 4.60. The molecule has 10 nitrogen and oxygen atoms in total. The van der Waals surface area contributed by atoms with Gasteiger partial charge in [0.15, 0.2) is 6.23 Å². The highest BCUT2D eigenvalue weighted by molar-refractivity contribution is 7.91. The van der Waals surface area contributed by atoms with E-state index >= 15 is 0 Å². The van der Waals surface area contributed by atoms with Gasteiger partial charge in [-0.05, 0) is 17.5 Å². The number of fused-ring (bicyclic) bond motifs is 1. The molecule has 4 N–H and O–H groups in total. The number of ether oxygens (including phenoxy) is 1. The zero-order valence-corrected chi connectivity index (χ0v) is 16.4. The number of sulfonamides is 1. The van der Waals surface area contributed by atoms with Crippen LogP contribution in [-0.4, -0.2) is 53.0 Å². The second kappa shape index (κ2) is 7.48. The Bertz CT molecular complexity index is 1230. The minimum absolute atomic E-state index is 0.111. The summed E-state index contributed by atoms with van der Waals surface area (Å²) in [6, 6.07) is 9.85. The first kappa shape index (κ1) is 19.9. The number of thiophene rings is 1. The Morgan fingerprint density at radius 2 is 1.93 bits per heavy atom. The maximum atomic E-state index is 12.6. The summed E-state index contributed by atoms with van der Waals surface area (Å²) in [5.41, 5.74) is -1.44. The van der Waals surface area contributed by atoms with Gasteiger partial charge in [0.2, 0.25) is 10.0 Å². The van der Waals surface area contributed by atoms with Crippen molar-refractivity contribution in [2.75, 3.05) is 6.54 Å². The van der Waals surface area contributed by atoms with Gasteiger partial charge in [-0.25, -0.2) is 17.9 Å². The fourth-order valence-electron chi connectivity index (χ4n) is 3.11. The van der Waals surface area contributed by atoms with Crippen molar-refractivity contribution in [2.45, 2.75) is 28.7 Å². The second-order valence-corrected chi connectivity index (χ2v) is 9.60. The van der Waals surface area contributed by atoms with Crippen LogP contribution in [0.2, 0.25) is 0 Å². The molecular weight excluding hydrogens is 422 g/mol. The lowest BCUT2D eigenvalue weighted by atomic mass is 10.1. The van der Waals surface area contributed by atoms with Crippen LogP contribution in [0.5, 0.6) is 0 Å². The number of aromatic nitrogens is 2. The van der Waals surface area contributed by atoms with E-state index in [9.17, 15) is 28.2 Å². The predicted molar refractivity (Wildman–Crippen MR) is 104 cm³/mol. The molecule has 1 aliphatic heterocycles. The van der Waals surface area contributed by atoms with Crippen LogP contribution in [0.15, 0.2) is 56.4 Å². The number of aliphatic hydroxyl groups is 2. The van der Waals surface area contributed by atoms with Gasteiger partial charge in [0, 0.05) is 23.5 Å². The SMILES string of the molecule is O=c1ccn([C@@H]2O[C@H](CNS(=O)(=O)c3cc4ccccc4s3)[C@@H](O)[C@H]2O)c(=O)[nH]1. The molecule has 0 radical (unpaired) electrons. The molecule has 1 aromatic carbocycles. The molecule has 4 atom stereocenters. The van der Waals surface area contributed by atoms with Crippen LogP contribution < -0.4 is 16.0 Å². The highest BCUT2D eigenvalue weighted by atomic mass is 32.2. The molecule has 0 bridgehead atoms. The highest BCUT2D eigenvalue weighted by Crippen LogP contribution is 2.30. The van der Waals surface area contributed by atoms with E-state index in [-0.39, 0.29) is 10.8 Å². The Balaban J connectivity index is 1.50. The van der Waals surface area contributed by atoms with Crippen LogP contribution in [0.1, 0.15) is 6.23 Å². The Morgan fingerprint density at radius 1 is 1.17 bits per heavy atom. The van der Waals surface area contributed by atoms with Gasteiger partial charge in [-0.2, -0.15) is 0 Å². The number of hydrogen-bond donors (Lipinski definition) is 4. The normalized spacial score (nSPS) is 24.9. The van der Waals surface area contributed by atoms with E-state index in [1.54, 1.807) is 12.1 Å². The molecule has 0 aliphatic carbocycles. The molecule has 1 fully saturated rings. The second-order valence-electron chi connectivity index (χ2n) is 6.52. The maximum Gasteiger partial charge on any atom is 0.330 e. The summed E-state index contributed by atoms with van der Waals surface area (Å²) in [7, 11) is -3.87. The zero-order valence-electron chi connectivity index (χ0n) is 14.8. The number of benzene rings is 1. The van der Waals surface area contributed by atoms with Crippen molar-refractivity contribution < 1.29 is 23.4 Å². The van der Waals surface area contributed by atoms with Gasteiger partial charge in [0.1, 0.15) is 22.5 Å². The Morgan fingerprint density at radius 3 is 2.66 bits per heavy atom. The number of hydrogen-bond acceptors (Lipinski definition) is 8. The van der Waals surface area contributed by atoms with Crippen LogP contribution in [-0.2, 0) is 14.8 Å². The number of aromatic amines is 1. The molecule has 0 amide bonds. The lowest BCUT2D eigenvalue weighted by Crippen LogP contribution is -2.40. The fourth-order valence-corrected chi connectivity index (χ4v) is 5.60. The smallest absolute Gasteiger partial charge is 0.330 e. The molecule has 0 saturated carbocycles. The molecular formula is C17H17N3O7S2. The number of H-pyrrole nitrogens is 1. The molecule has 0 unspecified atom stereocenters. The minimum atomic E-state index is -3.87. The molecule has 1 saturated heterocycles. The van der Waals surface area contributed by atoms with Crippen LogP contribution in [0, 0.1) is 0 Å². The van der Waals surface area contributed by atoms with Crippen molar-refractivity contribution in [3.05, 3.63) is 63.4 Å². The fraction of sp³-hybridized carbons (Fsp3) is 0.294. The third kappa shape index (κ3) is 3.77. The molecule has 1 aliphatic rings. The summed E-state index contributed by atoms with van der Waals surface area (Å²) >= 11 is 1.11. The lowest BCUT2D eigenvalue weighted by Gasteiger charge is -2.16. The summed E-state index contributed by atoms with van der Waals surface area (Å²) in [5, 5.41) is 21.2. The number of aliphatic hydroxyl groups excluding tert-OH is 2. The molecule has 0 spiro atoms. The Hall–Kier alpha value is -2.35.